The van der Waals surface area contributed by atoms with Crippen LogP contribution in [0.25, 0.3) is 6.08 Å². The molecule has 4 rings (SSSR count). The predicted octanol–water partition coefficient (Wildman–Crippen LogP) is 4.50. The smallest absolute Gasteiger partial charge is 0.231 e. The van der Waals surface area contributed by atoms with E-state index in [-0.39, 0.29) is 17.3 Å². The molecular weight excluding hydrogens is 394 g/mol. The van der Waals surface area contributed by atoms with Crippen LogP contribution >= 0.6 is 0 Å². The van der Waals surface area contributed by atoms with E-state index in [2.05, 4.69) is 18.7 Å². The maximum Gasteiger partial charge on any atom is 0.231 e. The molecule has 0 aromatic heterocycles. The Morgan fingerprint density at radius 1 is 1.13 bits per heavy atom. The number of phenols is 1. The average molecular weight is 424 g/mol. The number of carbonyl (C=O) groups excluding carboxylic acids is 1. The lowest BCUT2D eigenvalue weighted by Crippen LogP contribution is -2.38. The monoisotopic (exact) mass is 423 g/mol. The lowest BCUT2D eigenvalue weighted by Gasteiger charge is -2.35. The Morgan fingerprint density at radius 2 is 1.87 bits per heavy atom. The van der Waals surface area contributed by atoms with Gasteiger partial charge in [-0.25, -0.2) is 0 Å². The summed E-state index contributed by atoms with van der Waals surface area (Å²) in [7, 11) is 3.13. The summed E-state index contributed by atoms with van der Waals surface area (Å²) < 4.78 is 16.9. The molecular formula is C25H29NO5. The zero-order valence-electron chi connectivity index (χ0n) is 18.5. The van der Waals surface area contributed by atoms with Crippen LogP contribution in [0.4, 0.5) is 0 Å². The van der Waals surface area contributed by atoms with Crippen LogP contribution in [0.3, 0.4) is 0 Å². The predicted molar refractivity (Wildman–Crippen MR) is 119 cm³/mol. The molecule has 1 N–H and O–H groups in total. The molecule has 2 aliphatic heterocycles. The highest BCUT2D eigenvalue weighted by molar-refractivity contribution is 6.15. The van der Waals surface area contributed by atoms with Crippen LogP contribution in [0.1, 0.15) is 41.8 Å². The van der Waals surface area contributed by atoms with Gasteiger partial charge in [0.05, 0.1) is 25.3 Å². The van der Waals surface area contributed by atoms with Crippen LogP contribution in [0.2, 0.25) is 0 Å². The number of aromatic hydroxyl groups is 1. The number of phenolic OH excluding ortho intramolecular Hbond substituents is 1. The average Bonchev–Trinajstić information content (AvgIpc) is 3.05. The number of carbonyl (C=O) groups is 1. The van der Waals surface area contributed by atoms with Crippen molar-refractivity contribution in [3.8, 4) is 23.0 Å². The number of methoxy groups -OCH3 is 2. The summed E-state index contributed by atoms with van der Waals surface area (Å²) in [5.41, 5.74) is 1.81. The number of rotatable bonds is 5. The molecule has 164 valence electrons. The number of ketones is 1. The minimum Gasteiger partial charge on any atom is -0.507 e. The normalized spacial score (nSPS) is 22.3. The van der Waals surface area contributed by atoms with Crippen molar-refractivity contribution in [2.24, 2.45) is 11.8 Å². The molecule has 6 heteroatoms. The van der Waals surface area contributed by atoms with Crippen molar-refractivity contribution in [3.63, 3.8) is 0 Å². The largest absolute Gasteiger partial charge is 0.507 e. The summed E-state index contributed by atoms with van der Waals surface area (Å²) in [4.78, 5) is 15.4. The van der Waals surface area contributed by atoms with Crippen LogP contribution in [0, 0.1) is 11.8 Å². The first-order valence-corrected chi connectivity index (χ1v) is 10.6. The van der Waals surface area contributed by atoms with Crippen LogP contribution in [-0.4, -0.2) is 43.1 Å². The number of likely N-dealkylation sites (tertiary alicyclic amines) is 1. The number of hydrogen-bond acceptors (Lipinski definition) is 6. The number of para-hydroxylation sites is 1. The Kier molecular flexibility index (Phi) is 5.92. The van der Waals surface area contributed by atoms with Gasteiger partial charge in [0.1, 0.15) is 11.5 Å². The molecule has 31 heavy (non-hydrogen) atoms. The van der Waals surface area contributed by atoms with Gasteiger partial charge < -0.3 is 19.3 Å². The molecule has 2 aromatic rings. The Balaban J connectivity index is 1.67. The second-order valence-corrected chi connectivity index (χ2v) is 8.60. The summed E-state index contributed by atoms with van der Waals surface area (Å²) in [6, 6.07) is 8.67. The first-order valence-electron chi connectivity index (χ1n) is 10.6. The van der Waals surface area contributed by atoms with Crippen molar-refractivity contribution in [3.05, 3.63) is 52.8 Å². The van der Waals surface area contributed by atoms with Gasteiger partial charge in [0.2, 0.25) is 5.78 Å². The van der Waals surface area contributed by atoms with Crippen LogP contribution in [0.5, 0.6) is 23.0 Å². The van der Waals surface area contributed by atoms with E-state index in [0.29, 0.717) is 52.3 Å². The maximum atomic E-state index is 13.1. The zero-order chi connectivity index (χ0) is 22.1. The molecule has 1 fully saturated rings. The lowest BCUT2D eigenvalue weighted by molar-refractivity contribution is 0.101. The van der Waals surface area contributed by atoms with Crippen molar-refractivity contribution in [2.75, 3.05) is 27.3 Å². The number of benzene rings is 2. The minimum atomic E-state index is -0.207. The Morgan fingerprint density at radius 3 is 2.55 bits per heavy atom. The van der Waals surface area contributed by atoms with E-state index in [1.54, 1.807) is 38.5 Å². The molecule has 2 aromatic carbocycles. The molecule has 2 atom stereocenters. The number of fused-ring (bicyclic) bond motifs is 1. The zero-order valence-corrected chi connectivity index (χ0v) is 18.5. The molecule has 2 aliphatic rings. The molecule has 0 amide bonds. The van der Waals surface area contributed by atoms with Crippen molar-refractivity contribution < 1.29 is 24.1 Å². The van der Waals surface area contributed by atoms with Gasteiger partial charge in [-0.15, -0.1) is 0 Å². The Labute approximate surface area is 183 Å². The number of hydrogen-bond donors (Lipinski definition) is 1. The highest BCUT2D eigenvalue weighted by Crippen LogP contribution is 2.41. The van der Waals surface area contributed by atoms with Gasteiger partial charge in [0, 0.05) is 25.2 Å². The first kappa shape index (κ1) is 21.2. The molecule has 0 spiro atoms. The standard InChI is InChI=1S/C25H29NO5/c1-15-10-16(2)13-26(12-15)14-19-20(27)9-8-18-23(28)22(31-25(18)19)11-17-6-5-7-21(29-3)24(17)30-4/h5-9,11,15-16,27H,10,12-14H2,1-4H3/b22-11-/t15-,16-/m1/s1. The van der Waals surface area contributed by atoms with Crippen LogP contribution < -0.4 is 14.2 Å². The summed E-state index contributed by atoms with van der Waals surface area (Å²) in [6.45, 7) is 6.98. The highest BCUT2D eigenvalue weighted by Gasteiger charge is 2.33. The van der Waals surface area contributed by atoms with Crippen molar-refractivity contribution >= 4 is 11.9 Å². The minimum absolute atomic E-state index is 0.151. The Hall–Kier alpha value is -2.99. The molecule has 0 radical (unpaired) electrons. The van der Waals surface area contributed by atoms with E-state index in [9.17, 15) is 9.90 Å². The number of nitrogens with zero attached hydrogens (tertiary/aromatic N) is 1. The maximum absolute atomic E-state index is 13.1. The van der Waals surface area contributed by atoms with Gasteiger partial charge in [-0.05, 0) is 42.5 Å². The van der Waals surface area contributed by atoms with Gasteiger partial charge in [-0.3, -0.25) is 9.69 Å². The van der Waals surface area contributed by atoms with Gasteiger partial charge in [-0.1, -0.05) is 26.0 Å². The second-order valence-electron chi connectivity index (χ2n) is 8.60. The summed E-state index contributed by atoms with van der Waals surface area (Å²) in [6.07, 6.45) is 2.87. The molecule has 0 saturated carbocycles. The summed E-state index contributed by atoms with van der Waals surface area (Å²) in [5.74, 6) is 2.90. The fraction of sp³-hybridized carbons (Fsp3) is 0.400. The van der Waals surface area contributed by atoms with Crippen LogP contribution in [-0.2, 0) is 6.54 Å². The van der Waals surface area contributed by atoms with E-state index in [0.717, 1.165) is 13.1 Å². The first-order chi connectivity index (χ1) is 14.9. The fourth-order valence-corrected chi connectivity index (χ4v) is 4.76. The molecule has 6 nitrogen and oxygen atoms in total. The third-order valence-electron chi connectivity index (χ3n) is 5.96. The summed E-state index contributed by atoms with van der Waals surface area (Å²) in [5, 5.41) is 10.6. The quantitative estimate of drug-likeness (QED) is 0.714. The lowest BCUT2D eigenvalue weighted by atomic mass is 9.91. The molecule has 0 aliphatic carbocycles. The number of allylic oxidation sites excluding steroid dienone is 1. The number of piperidine rings is 1. The molecule has 1 saturated heterocycles. The van der Waals surface area contributed by atoms with Gasteiger partial charge in [-0.2, -0.15) is 0 Å². The highest BCUT2D eigenvalue weighted by atomic mass is 16.5. The Bertz CT molecular complexity index is 1020. The van der Waals surface area contributed by atoms with Gasteiger partial charge >= 0.3 is 0 Å². The van der Waals surface area contributed by atoms with E-state index >= 15 is 0 Å². The van der Waals surface area contributed by atoms with Crippen molar-refractivity contribution in [1.29, 1.82) is 0 Å². The second kappa shape index (κ2) is 8.63. The molecule has 0 unspecified atom stereocenters. The van der Waals surface area contributed by atoms with E-state index < -0.39 is 0 Å². The third kappa shape index (κ3) is 4.12. The van der Waals surface area contributed by atoms with E-state index in [1.165, 1.54) is 6.42 Å². The molecule has 0 bridgehead atoms. The van der Waals surface area contributed by atoms with E-state index in [1.807, 2.05) is 12.1 Å². The fourth-order valence-electron chi connectivity index (χ4n) is 4.76. The van der Waals surface area contributed by atoms with Crippen molar-refractivity contribution in [1.82, 2.24) is 4.90 Å². The molecule has 2 heterocycles. The number of ether oxygens (including phenoxy) is 3. The van der Waals surface area contributed by atoms with Gasteiger partial charge in [0.25, 0.3) is 0 Å². The van der Waals surface area contributed by atoms with E-state index in [4.69, 9.17) is 14.2 Å². The van der Waals surface area contributed by atoms with Crippen LogP contribution in [0.15, 0.2) is 36.1 Å². The third-order valence-corrected chi connectivity index (χ3v) is 5.96. The summed E-state index contributed by atoms with van der Waals surface area (Å²) >= 11 is 0. The topological polar surface area (TPSA) is 68.2 Å². The van der Waals surface area contributed by atoms with Gasteiger partial charge in [0.15, 0.2) is 17.3 Å². The SMILES string of the molecule is COc1cccc(/C=C2\Oc3c(ccc(O)c3CN3C[C@H](C)C[C@@H](C)C3)C2=O)c1OC. The number of Topliss-reactive ketones (excluding diaryl/α,β-unsaturated/α-hetero) is 1. The van der Waals surface area contributed by atoms with Crippen molar-refractivity contribution in [2.45, 2.75) is 26.8 Å².